The normalized spacial score (nSPS) is 10.5. The molecule has 0 radical (unpaired) electrons. The number of nitrogens with zero attached hydrogens (tertiary/aromatic N) is 1. The average molecular weight is 253 g/mol. The maximum Gasteiger partial charge on any atom is 0.131 e. The van der Waals surface area contributed by atoms with Gasteiger partial charge in [0.2, 0.25) is 0 Å². The molecule has 0 aliphatic heterocycles. The summed E-state index contributed by atoms with van der Waals surface area (Å²) >= 11 is 1.60. The lowest BCUT2D eigenvalue weighted by atomic mass is 10.2. The summed E-state index contributed by atoms with van der Waals surface area (Å²) in [4.78, 5) is 7.85. The van der Waals surface area contributed by atoms with Crippen LogP contribution in [-0.2, 0) is 18.2 Å². The molecule has 1 heterocycles. The molecule has 0 unspecified atom stereocenters. The van der Waals surface area contributed by atoms with Gasteiger partial charge in [-0.25, -0.2) is 4.98 Å². The van der Waals surface area contributed by atoms with Crippen LogP contribution in [0.3, 0.4) is 0 Å². The van der Waals surface area contributed by atoms with Crippen LogP contribution in [0.2, 0.25) is 0 Å². The predicted octanol–water partition coefficient (Wildman–Crippen LogP) is 3.43. The van der Waals surface area contributed by atoms with E-state index in [1.165, 1.54) is 0 Å². The minimum atomic E-state index is -0.0361. The molecule has 0 N–H and O–H groups in total. The van der Waals surface area contributed by atoms with Crippen LogP contribution in [0.5, 0.6) is 5.75 Å². The van der Waals surface area contributed by atoms with Crippen LogP contribution in [0.1, 0.15) is 16.3 Å². The van der Waals surface area contributed by atoms with Gasteiger partial charge in [-0.15, -0.1) is 11.3 Å². The third-order valence-corrected chi connectivity index (χ3v) is 3.02. The van der Waals surface area contributed by atoms with Crippen LogP contribution in [0.25, 0.3) is 0 Å². The van der Waals surface area contributed by atoms with Gasteiger partial charge < -0.3 is 4.74 Å². The maximum absolute atomic E-state index is 11.6. The molecular formula is C12H12FNO2S. The zero-order chi connectivity index (χ0) is 12.1. The van der Waals surface area contributed by atoms with E-state index in [2.05, 4.69) is 9.93 Å². The highest BCUT2D eigenvalue weighted by Gasteiger charge is 2.00. The Kier molecular flexibility index (Phi) is 4.06. The fraction of sp³-hybridized carbons (Fsp3) is 0.250. The molecule has 0 saturated carbocycles. The van der Waals surface area contributed by atoms with E-state index in [4.69, 9.17) is 4.74 Å². The molecule has 0 aliphatic rings. The Balaban J connectivity index is 1.90. The predicted molar refractivity (Wildman–Crippen MR) is 63.5 cm³/mol. The summed E-state index contributed by atoms with van der Waals surface area (Å²) in [6.45, 7) is 2.37. The van der Waals surface area contributed by atoms with Crippen LogP contribution in [-0.4, -0.2) is 4.98 Å². The van der Waals surface area contributed by atoms with Crippen molar-refractivity contribution >= 4 is 11.3 Å². The second-order valence-corrected chi connectivity index (χ2v) is 4.61. The number of hydrogen-bond donors (Lipinski definition) is 0. The standard InChI is InChI=1S/C12H12FNO2S/c1-9-14-11(8-17-9)7-15-12-4-2-10(3-5-12)6-16-13/h2-5,8H,6-7H2,1H3. The molecule has 0 amide bonds. The Bertz CT molecular complexity index is 470. The van der Waals surface area contributed by atoms with Crippen LogP contribution >= 0.6 is 11.3 Å². The van der Waals surface area contributed by atoms with Gasteiger partial charge in [-0.2, -0.15) is 4.94 Å². The van der Waals surface area contributed by atoms with Crippen molar-refractivity contribution in [2.45, 2.75) is 20.1 Å². The van der Waals surface area contributed by atoms with E-state index in [-0.39, 0.29) is 6.61 Å². The van der Waals surface area contributed by atoms with Crippen molar-refractivity contribution in [2.75, 3.05) is 0 Å². The van der Waals surface area contributed by atoms with Crippen molar-refractivity contribution in [1.82, 2.24) is 4.98 Å². The molecule has 17 heavy (non-hydrogen) atoms. The molecule has 0 spiro atoms. The van der Waals surface area contributed by atoms with Crippen LogP contribution < -0.4 is 4.74 Å². The molecule has 0 atom stereocenters. The minimum absolute atomic E-state index is 0.0361. The highest BCUT2D eigenvalue weighted by molar-refractivity contribution is 7.09. The number of rotatable bonds is 5. The number of aryl methyl sites for hydroxylation is 1. The molecule has 0 fully saturated rings. The van der Waals surface area contributed by atoms with Crippen LogP contribution in [0, 0.1) is 6.92 Å². The number of hydrogen-bond acceptors (Lipinski definition) is 4. The molecule has 5 heteroatoms. The van der Waals surface area contributed by atoms with Gasteiger partial charge in [0.25, 0.3) is 0 Å². The lowest BCUT2D eigenvalue weighted by Gasteiger charge is -2.04. The molecular weight excluding hydrogens is 241 g/mol. The molecule has 0 aliphatic carbocycles. The lowest BCUT2D eigenvalue weighted by molar-refractivity contribution is -0.144. The highest BCUT2D eigenvalue weighted by Crippen LogP contribution is 2.15. The van der Waals surface area contributed by atoms with Gasteiger partial charge in [0.05, 0.1) is 10.7 Å². The van der Waals surface area contributed by atoms with E-state index in [0.29, 0.717) is 6.61 Å². The third-order valence-electron chi connectivity index (χ3n) is 2.20. The molecule has 0 saturated heterocycles. The van der Waals surface area contributed by atoms with Gasteiger partial charge in [0, 0.05) is 5.38 Å². The van der Waals surface area contributed by atoms with Gasteiger partial charge >= 0.3 is 0 Å². The van der Waals surface area contributed by atoms with Crippen molar-refractivity contribution in [1.29, 1.82) is 0 Å². The molecule has 1 aromatic carbocycles. The first-order valence-corrected chi connectivity index (χ1v) is 6.02. The van der Waals surface area contributed by atoms with Crippen molar-refractivity contribution < 1.29 is 14.2 Å². The Hall–Kier alpha value is -1.46. The van der Waals surface area contributed by atoms with Crippen molar-refractivity contribution in [2.24, 2.45) is 0 Å². The quantitative estimate of drug-likeness (QED) is 0.818. The second-order valence-electron chi connectivity index (χ2n) is 3.54. The number of benzene rings is 1. The van der Waals surface area contributed by atoms with Crippen molar-refractivity contribution in [3.63, 3.8) is 0 Å². The number of ether oxygens (including phenoxy) is 1. The van der Waals surface area contributed by atoms with Crippen LogP contribution in [0.4, 0.5) is 4.53 Å². The fourth-order valence-corrected chi connectivity index (χ4v) is 1.97. The van der Waals surface area contributed by atoms with E-state index in [1.54, 1.807) is 35.6 Å². The first-order chi connectivity index (χ1) is 8.28. The lowest BCUT2D eigenvalue weighted by Crippen LogP contribution is -1.96. The monoisotopic (exact) mass is 253 g/mol. The molecule has 0 bridgehead atoms. The van der Waals surface area contributed by atoms with Crippen LogP contribution in [0.15, 0.2) is 29.6 Å². The molecule has 2 aromatic rings. The number of thiazole rings is 1. The topological polar surface area (TPSA) is 31.4 Å². The largest absolute Gasteiger partial charge is 0.487 e. The smallest absolute Gasteiger partial charge is 0.131 e. The van der Waals surface area contributed by atoms with E-state index in [9.17, 15) is 4.53 Å². The van der Waals surface area contributed by atoms with Gasteiger partial charge in [0.1, 0.15) is 19.0 Å². The minimum Gasteiger partial charge on any atom is -0.487 e. The first kappa shape index (κ1) is 12.0. The summed E-state index contributed by atoms with van der Waals surface area (Å²) in [5.41, 5.74) is 1.69. The van der Waals surface area contributed by atoms with E-state index >= 15 is 0 Å². The van der Waals surface area contributed by atoms with Gasteiger partial charge in [-0.3, -0.25) is 0 Å². The summed E-state index contributed by atoms with van der Waals surface area (Å²) < 4.78 is 17.2. The molecule has 3 nitrogen and oxygen atoms in total. The Morgan fingerprint density at radius 3 is 2.59 bits per heavy atom. The van der Waals surface area contributed by atoms with Gasteiger partial charge in [-0.05, 0) is 29.1 Å². The van der Waals surface area contributed by atoms with Gasteiger partial charge in [-0.1, -0.05) is 12.1 Å². The zero-order valence-electron chi connectivity index (χ0n) is 9.35. The maximum atomic E-state index is 11.6. The summed E-state index contributed by atoms with van der Waals surface area (Å²) in [6.07, 6.45) is 0. The Morgan fingerprint density at radius 2 is 2.00 bits per heavy atom. The summed E-state index contributed by atoms with van der Waals surface area (Å²) in [5, 5.41) is 3.00. The third kappa shape index (κ3) is 3.51. The number of aromatic nitrogens is 1. The highest BCUT2D eigenvalue weighted by atomic mass is 32.1. The molecule has 2 rings (SSSR count). The average Bonchev–Trinajstić information content (AvgIpc) is 2.75. The van der Waals surface area contributed by atoms with E-state index in [1.807, 2.05) is 12.3 Å². The molecule has 90 valence electrons. The van der Waals surface area contributed by atoms with E-state index in [0.717, 1.165) is 22.0 Å². The first-order valence-electron chi connectivity index (χ1n) is 5.14. The number of halogens is 1. The van der Waals surface area contributed by atoms with Gasteiger partial charge in [0.15, 0.2) is 0 Å². The Labute approximate surface area is 103 Å². The SMILES string of the molecule is Cc1nc(COc2ccc(COF)cc2)cs1. The zero-order valence-corrected chi connectivity index (χ0v) is 10.2. The summed E-state index contributed by atoms with van der Waals surface area (Å²) in [7, 11) is 0. The fourth-order valence-electron chi connectivity index (χ4n) is 1.38. The van der Waals surface area contributed by atoms with Crippen molar-refractivity contribution in [3.8, 4) is 5.75 Å². The summed E-state index contributed by atoms with van der Waals surface area (Å²) in [5.74, 6) is 0.735. The second kappa shape index (κ2) is 5.75. The van der Waals surface area contributed by atoms with Crippen molar-refractivity contribution in [3.05, 3.63) is 45.9 Å². The van der Waals surface area contributed by atoms with E-state index < -0.39 is 0 Å². The molecule has 1 aromatic heterocycles. The Morgan fingerprint density at radius 1 is 1.24 bits per heavy atom. The summed E-state index contributed by atoms with van der Waals surface area (Å²) in [6, 6.07) is 7.10.